The third-order valence-corrected chi connectivity index (χ3v) is 6.07. The number of carboxylic acid groups (broad SMARTS) is 2. The minimum absolute atomic E-state index is 0.0778. The Morgan fingerprint density at radius 1 is 1.00 bits per heavy atom. The Hall–Kier alpha value is -3.86. The summed E-state index contributed by atoms with van der Waals surface area (Å²) in [6.45, 7) is 0.164. The molecule has 3 amide bonds. The molecule has 218 valence electrons. The fraction of sp³-hybridized carbons (Fsp3) is 0.591. The molecule has 0 spiro atoms. The molecule has 1 heterocycles. The summed E-state index contributed by atoms with van der Waals surface area (Å²) >= 11 is 1.50. The Morgan fingerprint density at radius 2 is 1.62 bits per heavy atom. The predicted octanol–water partition coefficient (Wildman–Crippen LogP) is -2.51. The molecular formula is C22H37N9O7S. The van der Waals surface area contributed by atoms with Gasteiger partial charge in [0.1, 0.15) is 18.1 Å². The van der Waals surface area contributed by atoms with Crippen LogP contribution in [0.25, 0.3) is 0 Å². The maximum absolute atomic E-state index is 13.2. The van der Waals surface area contributed by atoms with Gasteiger partial charge in [0.05, 0.1) is 12.4 Å². The van der Waals surface area contributed by atoms with E-state index in [1.54, 1.807) is 0 Å². The molecule has 0 aromatic carbocycles. The second-order valence-electron chi connectivity index (χ2n) is 8.57. The van der Waals surface area contributed by atoms with Gasteiger partial charge in [-0.15, -0.1) is 0 Å². The molecule has 0 saturated carbocycles. The molecule has 0 bridgehead atoms. The van der Waals surface area contributed by atoms with E-state index in [9.17, 15) is 29.1 Å². The van der Waals surface area contributed by atoms with Crippen LogP contribution < -0.4 is 33.2 Å². The number of aliphatic imine (C=N–C) groups is 1. The second kappa shape index (κ2) is 17.6. The smallest absolute Gasteiger partial charge is 0.326 e. The third kappa shape index (κ3) is 13.5. The number of nitrogens with one attached hydrogen (secondary N) is 4. The number of aliphatic carboxylic acids is 2. The highest BCUT2D eigenvalue weighted by molar-refractivity contribution is 7.98. The topological polar surface area (TPSA) is 281 Å². The summed E-state index contributed by atoms with van der Waals surface area (Å²) in [5.41, 5.74) is 17.0. The average molecular weight is 572 g/mol. The van der Waals surface area contributed by atoms with Crippen molar-refractivity contribution in [3.63, 3.8) is 0 Å². The predicted molar refractivity (Wildman–Crippen MR) is 143 cm³/mol. The fourth-order valence-corrected chi connectivity index (χ4v) is 3.81. The van der Waals surface area contributed by atoms with Gasteiger partial charge in [0.2, 0.25) is 17.7 Å². The van der Waals surface area contributed by atoms with Crippen molar-refractivity contribution in [1.29, 1.82) is 0 Å². The molecule has 4 unspecified atom stereocenters. The summed E-state index contributed by atoms with van der Waals surface area (Å²) in [5, 5.41) is 26.0. The summed E-state index contributed by atoms with van der Waals surface area (Å²) in [4.78, 5) is 72.0. The van der Waals surface area contributed by atoms with Gasteiger partial charge in [-0.2, -0.15) is 11.8 Å². The van der Waals surface area contributed by atoms with Gasteiger partial charge >= 0.3 is 11.9 Å². The van der Waals surface area contributed by atoms with Crippen molar-refractivity contribution in [2.45, 2.75) is 62.7 Å². The van der Waals surface area contributed by atoms with Crippen molar-refractivity contribution in [2.75, 3.05) is 18.6 Å². The molecule has 39 heavy (non-hydrogen) atoms. The van der Waals surface area contributed by atoms with Gasteiger partial charge in [0.25, 0.3) is 0 Å². The summed E-state index contributed by atoms with van der Waals surface area (Å²) in [6.07, 6.45) is 4.39. The van der Waals surface area contributed by atoms with Gasteiger partial charge in [-0.25, -0.2) is 9.78 Å². The van der Waals surface area contributed by atoms with Gasteiger partial charge in [-0.1, -0.05) is 0 Å². The second-order valence-corrected chi connectivity index (χ2v) is 9.56. The molecule has 17 heteroatoms. The molecule has 1 rings (SSSR count). The van der Waals surface area contributed by atoms with E-state index < -0.39 is 60.2 Å². The van der Waals surface area contributed by atoms with Crippen LogP contribution in [0.1, 0.15) is 37.8 Å². The van der Waals surface area contributed by atoms with Crippen LogP contribution in [0.5, 0.6) is 0 Å². The minimum Gasteiger partial charge on any atom is -0.481 e. The van der Waals surface area contributed by atoms with Gasteiger partial charge in [-0.05, 0) is 37.7 Å². The number of carboxylic acids is 2. The van der Waals surface area contributed by atoms with Crippen LogP contribution in [0.2, 0.25) is 0 Å². The Bertz CT molecular complexity index is 987. The van der Waals surface area contributed by atoms with Gasteiger partial charge in [0, 0.05) is 31.3 Å². The van der Waals surface area contributed by atoms with Crippen molar-refractivity contribution in [3.05, 3.63) is 18.2 Å². The summed E-state index contributed by atoms with van der Waals surface area (Å²) in [7, 11) is 0. The molecule has 1 aromatic rings. The lowest BCUT2D eigenvalue weighted by molar-refractivity contribution is -0.143. The molecule has 0 aliphatic carbocycles. The van der Waals surface area contributed by atoms with E-state index in [2.05, 4.69) is 30.9 Å². The van der Waals surface area contributed by atoms with E-state index >= 15 is 0 Å². The molecular weight excluding hydrogens is 534 g/mol. The first-order chi connectivity index (χ1) is 18.4. The largest absolute Gasteiger partial charge is 0.481 e. The standard InChI is InChI=1S/C22H37N9O7S/c1-39-8-6-13(23)18(34)29-14(3-2-7-27-22(24)25)19(35)30-15(4-5-17(32)33)20(36)31-16(21(37)38)9-12-10-26-11-28-12/h10-11,13-16H,2-9,23H2,1H3,(H,26,28)(H,29,34)(H,30,35)(H,31,36)(H,32,33)(H,37,38)(H4,24,25,27). The Labute approximate surface area is 229 Å². The third-order valence-electron chi connectivity index (χ3n) is 5.42. The zero-order chi connectivity index (χ0) is 29.4. The van der Waals surface area contributed by atoms with Crippen molar-refractivity contribution in [3.8, 4) is 0 Å². The SMILES string of the molecule is CSCCC(N)C(=O)NC(CCCN=C(N)N)C(=O)NC(CCC(=O)O)C(=O)NC(Cc1cnc[nH]1)C(=O)O. The lowest BCUT2D eigenvalue weighted by Gasteiger charge is -2.25. The normalized spacial score (nSPS) is 13.8. The average Bonchev–Trinajstić information content (AvgIpc) is 3.38. The van der Waals surface area contributed by atoms with Crippen LogP contribution in [0.15, 0.2) is 17.5 Å². The number of nitrogens with two attached hydrogens (primary N) is 3. The van der Waals surface area contributed by atoms with Crippen molar-refractivity contribution in [2.24, 2.45) is 22.2 Å². The molecule has 4 atom stereocenters. The lowest BCUT2D eigenvalue weighted by Crippen LogP contribution is -2.57. The van der Waals surface area contributed by atoms with Crippen LogP contribution in [-0.2, 0) is 30.4 Å². The van der Waals surface area contributed by atoms with Crippen LogP contribution in [0.4, 0.5) is 0 Å². The highest BCUT2D eigenvalue weighted by Crippen LogP contribution is 2.07. The van der Waals surface area contributed by atoms with E-state index in [0.29, 0.717) is 17.9 Å². The first-order valence-electron chi connectivity index (χ1n) is 12.1. The Kier molecular flexibility index (Phi) is 15.0. The molecule has 0 fully saturated rings. The number of rotatable bonds is 19. The molecule has 0 aliphatic rings. The highest BCUT2D eigenvalue weighted by atomic mass is 32.2. The van der Waals surface area contributed by atoms with Gasteiger partial charge in [0.15, 0.2) is 5.96 Å². The van der Waals surface area contributed by atoms with Crippen LogP contribution in [-0.4, -0.2) is 98.5 Å². The number of thioether (sulfide) groups is 1. The number of carbonyl (C=O) groups excluding carboxylic acids is 3. The minimum atomic E-state index is -1.40. The number of aromatic nitrogens is 2. The maximum atomic E-state index is 13.2. The van der Waals surface area contributed by atoms with Crippen LogP contribution in [0.3, 0.4) is 0 Å². The number of hydrogen-bond donors (Lipinski definition) is 9. The lowest BCUT2D eigenvalue weighted by atomic mass is 10.1. The summed E-state index contributed by atoms with van der Waals surface area (Å²) in [6, 6.07) is -4.81. The van der Waals surface area contributed by atoms with Crippen LogP contribution >= 0.6 is 11.8 Å². The Balaban J connectivity index is 3.03. The molecule has 0 radical (unpaired) electrons. The molecule has 1 aromatic heterocycles. The number of imidazole rings is 1. The van der Waals surface area contributed by atoms with Crippen molar-refractivity contribution >= 4 is 47.4 Å². The molecule has 0 saturated heterocycles. The van der Waals surface area contributed by atoms with E-state index in [-0.39, 0.29) is 38.2 Å². The van der Waals surface area contributed by atoms with E-state index in [4.69, 9.17) is 22.3 Å². The Morgan fingerprint density at radius 3 is 2.15 bits per heavy atom. The number of amides is 3. The van der Waals surface area contributed by atoms with E-state index in [1.165, 1.54) is 24.3 Å². The summed E-state index contributed by atoms with van der Waals surface area (Å²) < 4.78 is 0. The molecule has 0 aliphatic heterocycles. The number of aromatic amines is 1. The zero-order valence-corrected chi connectivity index (χ0v) is 22.4. The summed E-state index contributed by atoms with van der Waals surface area (Å²) in [5.74, 6) is -4.36. The zero-order valence-electron chi connectivity index (χ0n) is 21.6. The van der Waals surface area contributed by atoms with Crippen molar-refractivity contribution in [1.82, 2.24) is 25.9 Å². The highest BCUT2D eigenvalue weighted by Gasteiger charge is 2.30. The van der Waals surface area contributed by atoms with Gasteiger partial charge in [-0.3, -0.25) is 24.2 Å². The number of guanidine groups is 1. The number of hydrogen-bond acceptors (Lipinski definition) is 9. The number of H-pyrrole nitrogens is 1. The monoisotopic (exact) mass is 571 g/mol. The number of carbonyl (C=O) groups is 5. The van der Waals surface area contributed by atoms with Crippen LogP contribution in [0, 0.1) is 0 Å². The van der Waals surface area contributed by atoms with E-state index in [1.807, 2.05) is 6.26 Å². The maximum Gasteiger partial charge on any atom is 0.326 e. The first-order valence-corrected chi connectivity index (χ1v) is 13.5. The first kappa shape index (κ1) is 33.2. The fourth-order valence-electron chi connectivity index (χ4n) is 3.32. The van der Waals surface area contributed by atoms with Crippen molar-refractivity contribution < 1.29 is 34.2 Å². The quantitative estimate of drug-likeness (QED) is 0.0473. The molecule has 16 nitrogen and oxygen atoms in total. The molecule has 12 N–H and O–H groups in total. The van der Waals surface area contributed by atoms with E-state index in [0.717, 1.165) is 0 Å². The number of nitrogens with zero attached hydrogens (tertiary/aromatic N) is 2. The van der Waals surface area contributed by atoms with Gasteiger partial charge < -0.3 is 48.3 Å².